The van der Waals surface area contributed by atoms with Crippen molar-refractivity contribution in [3.63, 3.8) is 0 Å². The average Bonchev–Trinajstić information content (AvgIpc) is 2.99. The van der Waals surface area contributed by atoms with E-state index in [0.717, 1.165) is 17.7 Å². The van der Waals surface area contributed by atoms with Crippen LogP contribution in [0, 0.1) is 5.92 Å². The third kappa shape index (κ3) is 3.18. The second kappa shape index (κ2) is 7.34. The predicted molar refractivity (Wildman–Crippen MR) is 96.5 cm³/mol. The molecule has 2 aromatic rings. The van der Waals surface area contributed by atoms with Gasteiger partial charge < -0.3 is 9.64 Å². The van der Waals surface area contributed by atoms with Crippen LogP contribution in [0.1, 0.15) is 41.4 Å². The Labute approximate surface area is 146 Å². The summed E-state index contributed by atoms with van der Waals surface area (Å²) in [4.78, 5) is 27.4. The largest absolute Gasteiger partial charge is 0.469 e. The lowest BCUT2D eigenvalue weighted by molar-refractivity contribution is -0.146. The highest BCUT2D eigenvalue weighted by atomic mass is 32.1. The molecule has 2 heterocycles. The molecule has 3 rings (SSSR count). The molecule has 1 amide bonds. The van der Waals surface area contributed by atoms with Crippen LogP contribution in [-0.2, 0) is 16.0 Å². The first-order valence-corrected chi connectivity index (χ1v) is 9.34. The highest BCUT2D eigenvalue weighted by Gasteiger charge is 2.30. The van der Waals surface area contributed by atoms with Crippen molar-refractivity contribution in [2.24, 2.45) is 5.92 Å². The van der Waals surface area contributed by atoms with Gasteiger partial charge in [-0.15, -0.1) is 11.3 Å². The van der Waals surface area contributed by atoms with Crippen LogP contribution >= 0.6 is 11.3 Å². The second-order valence-electron chi connectivity index (χ2n) is 6.25. The lowest BCUT2D eigenvalue weighted by Crippen LogP contribution is -2.40. The molecule has 0 unspecified atom stereocenters. The van der Waals surface area contributed by atoms with E-state index in [2.05, 4.69) is 19.1 Å². The molecule has 24 heavy (non-hydrogen) atoms. The lowest BCUT2D eigenvalue weighted by atomic mass is 9.96. The Kier molecular flexibility index (Phi) is 5.19. The molecule has 0 atom stereocenters. The Morgan fingerprint density at radius 1 is 1.25 bits per heavy atom. The zero-order valence-electron chi connectivity index (χ0n) is 14.2. The molecule has 1 aliphatic heterocycles. The molecule has 0 N–H and O–H groups in total. The number of nitrogens with zero attached hydrogens (tertiary/aromatic N) is 1. The van der Waals surface area contributed by atoms with E-state index in [9.17, 15) is 9.59 Å². The summed E-state index contributed by atoms with van der Waals surface area (Å²) in [5.74, 6) is -0.116. The van der Waals surface area contributed by atoms with Crippen LogP contribution in [0.5, 0.6) is 0 Å². The number of likely N-dealkylation sites (tertiary alicyclic amines) is 1. The average molecular weight is 345 g/mol. The number of ether oxygens (including phenoxy) is 1. The van der Waals surface area contributed by atoms with Gasteiger partial charge in [-0.2, -0.15) is 0 Å². The van der Waals surface area contributed by atoms with Gasteiger partial charge in [-0.1, -0.05) is 31.5 Å². The normalized spacial score (nSPS) is 15.7. The first-order chi connectivity index (χ1) is 11.7. The van der Waals surface area contributed by atoms with E-state index in [4.69, 9.17) is 4.74 Å². The second-order valence-corrected chi connectivity index (χ2v) is 7.30. The topological polar surface area (TPSA) is 46.6 Å². The molecule has 0 bridgehead atoms. The predicted octanol–water partition coefficient (Wildman–Crippen LogP) is 3.88. The molecular weight excluding hydrogens is 322 g/mol. The third-order valence-corrected chi connectivity index (χ3v) is 5.91. The molecule has 1 saturated heterocycles. The summed E-state index contributed by atoms with van der Waals surface area (Å²) < 4.78 is 6.00. The van der Waals surface area contributed by atoms with Crippen molar-refractivity contribution in [2.45, 2.75) is 32.6 Å². The van der Waals surface area contributed by atoms with Gasteiger partial charge in [-0.3, -0.25) is 9.59 Å². The minimum Gasteiger partial charge on any atom is -0.469 e. The summed E-state index contributed by atoms with van der Waals surface area (Å²) in [5, 5.41) is 1.21. The van der Waals surface area contributed by atoms with E-state index in [1.54, 1.807) is 11.3 Å². The minimum atomic E-state index is -0.157. The smallest absolute Gasteiger partial charge is 0.308 e. The summed E-state index contributed by atoms with van der Waals surface area (Å²) in [7, 11) is 1.42. The monoisotopic (exact) mass is 345 g/mol. The SMILES string of the molecule is CCCc1c(C(=O)N2CCC(C(=O)OC)CC2)sc2ccccc12. The van der Waals surface area contributed by atoms with E-state index in [1.807, 2.05) is 17.0 Å². The van der Waals surface area contributed by atoms with Gasteiger partial charge in [0.25, 0.3) is 5.91 Å². The number of aryl methyl sites for hydroxylation is 1. The fourth-order valence-electron chi connectivity index (χ4n) is 3.40. The number of carbonyl (C=O) groups is 2. The van der Waals surface area contributed by atoms with Gasteiger partial charge in [0.15, 0.2) is 0 Å². The van der Waals surface area contributed by atoms with Gasteiger partial charge in [0.2, 0.25) is 0 Å². The van der Waals surface area contributed by atoms with Crippen molar-refractivity contribution >= 4 is 33.3 Å². The number of hydrogen-bond donors (Lipinski definition) is 0. The molecule has 0 spiro atoms. The molecule has 0 saturated carbocycles. The molecule has 0 aliphatic carbocycles. The van der Waals surface area contributed by atoms with Gasteiger partial charge in [0.1, 0.15) is 0 Å². The number of methoxy groups -OCH3 is 1. The number of fused-ring (bicyclic) bond motifs is 1. The molecule has 5 heteroatoms. The zero-order valence-corrected chi connectivity index (χ0v) is 15.0. The number of rotatable bonds is 4. The van der Waals surface area contributed by atoms with E-state index >= 15 is 0 Å². The highest BCUT2D eigenvalue weighted by molar-refractivity contribution is 7.21. The van der Waals surface area contributed by atoms with Crippen LogP contribution in [0.2, 0.25) is 0 Å². The maximum Gasteiger partial charge on any atom is 0.308 e. The van der Waals surface area contributed by atoms with Crippen molar-refractivity contribution < 1.29 is 14.3 Å². The maximum absolute atomic E-state index is 13.0. The van der Waals surface area contributed by atoms with E-state index < -0.39 is 0 Å². The van der Waals surface area contributed by atoms with Crippen LogP contribution in [0.25, 0.3) is 10.1 Å². The fraction of sp³-hybridized carbons (Fsp3) is 0.474. The Morgan fingerprint density at radius 3 is 2.62 bits per heavy atom. The number of thiophene rings is 1. The molecule has 1 aliphatic rings. The standard InChI is InChI=1S/C19H23NO3S/c1-3-6-15-14-7-4-5-8-16(14)24-17(15)18(21)20-11-9-13(10-12-20)19(22)23-2/h4-5,7-8,13H,3,6,9-12H2,1-2H3. The van der Waals surface area contributed by atoms with Crippen LogP contribution in [0.15, 0.2) is 24.3 Å². The summed E-state index contributed by atoms with van der Waals surface area (Å²) in [5.41, 5.74) is 1.18. The molecule has 4 nitrogen and oxygen atoms in total. The quantitative estimate of drug-likeness (QED) is 0.790. The van der Waals surface area contributed by atoms with E-state index in [-0.39, 0.29) is 17.8 Å². The molecule has 0 radical (unpaired) electrons. The Hall–Kier alpha value is -1.88. The van der Waals surface area contributed by atoms with Crippen LogP contribution in [0.4, 0.5) is 0 Å². The van der Waals surface area contributed by atoms with Gasteiger partial charge >= 0.3 is 5.97 Å². The van der Waals surface area contributed by atoms with E-state index in [0.29, 0.717) is 25.9 Å². The Balaban J connectivity index is 1.82. The number of amides is 1. The third-order valence-electron chi connectivity index (χ3n) is 4.71. The molecule has 1 aromatic heterocycles. The Morgan fingerprint density at radius 2 is 1.96 bits per heavy atom. The van der Waals surface area contributed by atoms with Crippen molar-refractivity contribution in [1.82, 2.24) is 4.90 Å². The van der Waals surface area contributed by atoms with Crippen molar-refractivity contribution in [3.05, 3.63) is 34.7 Å². The first kappa shape index (κ1) is 17.0. The highest BCUT2D eigenvalue weighted by Crippen LogP contribution is 2.34. The zero-order chi connectivity index (χ0) is 17.1. The number of carbonyl (C=O) groups excluding carboxylic acids is 2. The van der Waals surface area contributed by atoms with Gasteiger partial charge in [0.05, 0.1) is 17.9 Å². The fourth-order valence-corrected chi connectivity index (χ4v) is 4.62. The molecule has 1 aromatic carbocycles. The van der Waals surface area contributed by atoms with Gasteiger partial charge in [-0.05, 0) is 36.3 Å². The number of piperidine rings is 1. The van der Waals surface area contributed by atoms with Crippen LogP contribution in [-0.4, -0.2) is 37.0 Å². The van der Waals surface area contributed by atoms with Crippen LogP contribution in [0.3, 0.4) is 0 Å². The van der Waals surface area contributed by atoms with Gasteiger partial charge in [0, 0.05) is 17.8 Å². The minimum absolute atomic E-state index is 0.0726. The van der Waals surface area contributed by atoms with E-state index in [1.165, 1.54) is 22.8 Å². The Bertz CT molecular complexity index is 744. The summed E-state index contributed by atoms with van der Waals surface area (Å²) in [6.07, 6.45) is 3.31. The molecule has 128 valence electrons. The maximum atomic E-state index is 13.0. The van der Waals surface area contributed by atoms with Gasteiger partial charge in [-0.25, -0.2) is 0 Å². The summed E-state index contributed by atoms with van der Waals surface area (Å²) in [6, 6.07) is 8.24. The van der Waals surface area contributed by atoms with Crippen LogP contribution < -0.4 is 0 Å². The molecular formula is C19H23NO3S. The lowest BCUT2D eigenvalue weighted by Gasteiger charge is -2.30. The summed E-state index contributed by atoms with van der Waals surface area (Å²) >= 11 is 1.59. The number of hydrogen-bond acceptors (Lipinski definition) is 4. The number of esters is 1. The van der Waals surface area contributed by atoms with Crippen molar-refractivity contribution in [3.8, 4) is 0 Å². The van der Waals surface area contributed by atoms with Crippen molar-refractivity contribution in [1.29, 1.82) is 0 Å². The molecule has 1 fully saturated rings. The number of benzene rings is 1. The first-order valence-electron chi connectivity index (χ1n) is 8.53. The summed E-state index contributed by atoms with van der Waals surface area (Å²) in [6.45, 7) is 3.39. The van der Waals surface area contributed by atoms with Crippen molar-refractivity contribution in [2.75, 3.05) is 20.2 Å².